The molecule has 0 aliphatic carbocycles. The van der Waals surface area contributed by atoms with Crippen LogP contribution in [0.1, 0.15) is 25.3 Å². The minimum absolute atomic E-state index is 0.0201. The van der Waals surface area contributed by atoms with Gasteiger partial charge in [0.25, 0.3) is 0 Å². The molecule has 37 heavy (non-hydrogen) atoms. The Hall–Kier alpha value is -4.11. The topological polar surface area (TPSA) is 93.0 Å². The normalized spacial score (nSPS) is 16.1. The van der Waals surface area contributed by atoms with Crippen LogP contribution in [0.25, 0.3) is 16.9 Å². The zero-order valence-electron chi connectivity index (χ0n) is 21.0. The van der Waals surface area contributed by atoms with E-state index in [0.717, 1.165) is 71.3 Å². The molecular weight excluding hydrogens is 468 g/mol. The third kappa shape index (κ3) is 4.82. The Balaban J connectivity index is 1.20. The summed E-state index contributed by atoms with van der Waals surface area (Å²) in [5.41, 5.74) is 5.31. The first-order valence-electron chi connectivity index (χ1n) is 12.7. The summed E-state index contributed by atoms with van der Waals surface area (Å²) in [6.45, 7) is 7.08. The van der Waals surface area contributed by atoms with Crippen molar-refractivity contribution in [1.29, 1.82) is 0 Å². The summed E-state index contributed by atoms with van der Waals surface area (Å²) in [6, 6.07) is 17.5. The van der Waals surface area contributed by atoms with Gasteiger partial charge >= 0.3 is 0 Å². The summed E-state index contributed by atoms with van der Waals surface area (Å²) < 4.78 is 13.3. The molecule has 4 aromatic rings. The second kappa shape index (κ2) is 9.74. The van der Waals surface area contributed by atoms with Crippen molar-refractivity contribution in [1.82, 2.24) is 19.5 Å². The third-order valence-corrected chi connectivity index (χ3v) is 6.90. The smallest absolute Gasteiger partial charge is 0.247 e. The summed E-state index contributed by atoms with van der Waals surface area (Å²) in [6.07, 6.45) is 2.32. The van der Waals surface area contributed by atoms with Gasteiger partial charge in [-0.25, -0.2) is 4.52 Å². The SMILES string of the molecule is Cc1cc(-c2ccc3c(c2)OCCO3)n2nc(Nc3ccc(NC(=O)C(C)N4CCCC4)cc3)nc2c1. The molecule has 4 heterocycles. The van der Waals surface area contributed by atoms with Crippen molar-refractivity contribution in [2.45, 2.75) is 32.7 Å². The van der Waals surface area contributed by atoms with Crippen LogP contribution >= 0.6 is 0 Å². The lowest BCUT2D eigenvalue weighted by Gasteiger charge is -2.22. The maximum Gasteiger partial charge on any atom is 0.247 e. The van der Waals surface area contributed by atoms with Gasteiger partial charge in [0.15, 0.2) is 17.1 Å². The molecule has 1 amide bonds. The monoisotopic (exact) mass is 498 g/mol. The van der Waals surface area contributed by atoms with E-state index in [1.165, 1.54) is 0 Å². The van der Waals surface area contributed by atoms with Crippen molar-refractivity contribution in [3.63, 3.8) is 0 Å². The van der Waals surface area contributed by atoms with Crippen molar-refractivity contribution in [3.05, 3.63) is 60.2 Å². The number of rotatable bonds is 6. The number of nitrogens with zero attached hydrogens (tertiary/aromatic N) is 4. The van der Waals surface area contributed by atoms with E-state index in [1.807, 2.05) is 66.9 Å². The molecule has 2 N–H and O–H groups in total. The number of pyridine rings is 1. The summed E-state index contributed by atoms with van der Waals surface area (Å²) in [7, 11) is 0. The van der Waals surface area contributed by atoms with Crippen molar-refractivity contribution in [2.24, 2.45) is 0 Å². The zero-order valence-corrected chi connectivity index (χ0v) is 21.0. The second-order valence-corrected chi connectivity index (χ2v) is 9.59. The number of hydrogen-bond donors (Lipinski definition) is 2. The quantitative estimate of drug-likeness (QED) is 0.400. The molecule has 1 fully saturated rings. The lowest BCUT2D eigenvalue weighted by molar-refractivity contribution is -0.120. The Morgan fingerprint density at radius 1 is 0.946 bits per heavy atom. The van der Waals surface area contributed by atoms with Gasteiger partial charge in [0.05, 0.1) is 11.7 Å². The fraction of sp³-hybridized carbons (Fsp3) is 0.321. The standard InChI is InChI=1S/C28H30N6O3/c1-18-15-23(20-5-10-24-25(17-20)37-14-13-36-24)34-26(16-18)31-28(32-34)30-22-8-6-21(7-9-22)29-27(35)19(2)33-11-3-4-12-33/h5-10,15-17,19H,3-4,11-14H2,1-2H3,(H,29,35)(H,30,32). The highest BCUT2D eigenvalue weighted by atomic mass is 16.6. The van der Waals surface area contributed by atoms with Gasteiger partial charge in [-0.15, -0.1) is 5.10 Å². The molecule has 1 unspecified atom stereocenters. The summed E-state index contributed by atoms with van der Waals surface area (Å²) in [4.78, 5) is 19.5. The maximum absolute atomic E-state index is 12.6. The maximum atomic E-state index is 12.6. The van der Waals surface area contributed by atoms with Gasteiger partial charge in [-0.05, 0) is 99.9 Å². The lowest BCUT2D eigenvalue weighted by Crippen LogP contribution is -2.40. The van der Waals surface area contributed by atoms with Crippen molar-refractivity contribution >= 4 is 28.9 Å². The Morgan fingerprint density at radius 2 is 1.68 bits per heavy atom. The van der Waals surface area contributed by atoms with Gasteiger partial charge in [0.2, 0.25) is 11.9 Å². The van der Waals surface area contributed by atoms with E-state index in [4.69, 9.17) is 19.6 Å². The van der Waals surface area contributed by atoms with Gasteiger partial charge in [-0.2, -0.15) is 4.98 Å². The largest absolute Gasteiger partial charge is 0.486 e. The first-order valence-corrected chi connectivity index (χ1v) is 12.7. The van der Waals surface area contributed by atoms with E-state index in [0.29, 0.717) is 19.2 Å². The molecule has 1 saturated heterocycles. The van der Waals surface area contributed by atoms with Crippen molar-refractivity contribution < 1.29 is 14.3 Å². The minimum atomic E-state index is -0.130. The predicted octanol–water partition coefficient (Wildman–Crippen LogP) is 4.64. The first-order chi connectivity index (χ1) is 18.0. The number of carbonyl (C=O) groups is 1. The molecular formula is C28H30N6O3. The number of amides is 1. The molecule has 2 aliphatic heterocycles. The molecule has 0 bridgehead atoms. The molecule has 0 saturated carbocycles. The number of anilines is 3. The molecule has 2 aromatic heterocycles. The Kier molecular flexibility index (Phi) is 6.13. The number of aryl methyl sites for hydroxylation is 1. The number of carbonyl (C=O) groups excluding carboxylic acids is 1. The summed E-state index contributed by atoms with van der Waals surface area (Å²) >= 11 is 0. The molecule has 9 heteroatoms. The summed E-state index contributed by atoms with van der Waals surface area (Å²) in [5, 5.41) is 11.0. The number of ether oxygens (including phenoxy) is 2. The van der Waals surface area contributed by atoms with Crippen LogP contribution in [0.5, 0.6) is 11.5 Å². The van der Waals surface area contributed by atoms with Crippen LogP contribution in [0, 0.1) is 6.92 Å². The predicted molar refractivity (Wildman–Crippen MR) is 143 cm³/mol. The van der Waals surface area contributed by atoms with E-state index >= 15 is 0 Å². The van der Waals surface area contributed by atoms with Gasteiger partial charge in [-0.3, -0.25) is 9.69 Å². The fourth-order valence-corrected chi connectivity index (χ4v) is 4.89. The van der Waals surface area contributed by atoms with Gasteiger partial charge in [0.1, 0.15) is 13.2 Å². The Labute approximate surface area is 215 Å². The number of hydrogen-bond acceptors (Lipinski definition) is 7. The van der Waals surface area contributed by atoms with Crippen LogP contribution in [0.2, 0.25) is 0 Å². The average Bonchev–Trinajstić information content (AvgIpc) is 3.59. The van der Waals surface area contributed by atoms with Gasteiger partial charge in [-0.1, -0.05) is 0 Å². The molecule has 6 rings (SSSR count). The average molecular weight is 499 g/mol. The Bertz CT molecular complexity index is 1440. The Morgan fingerprint density at radius 3 is 2.46 bits per heavy atom. The highest BCUT2D eigenvalue weighted by Crippen LogP contribution is 2.35. The van der Waals surface area contributed by atoms with Crippen molar-refractivity contribution in [2.75, 3.05) is 36.9 Å². The van der Waals surface area contributed by atoms with E-state index in [-0.39, 0.29) is 11.9 Å². The zero-order chi connectivity index (χ0) is 25.4. The first kappa shape index (κ1) is 23.3. The number of benzene rings is 2. The van der Waals surface area contributed by atoms with Crippen LogP contribution in [-0.2, 0) is 4.79 Å². The lowest BCUT2D eigenvalue weighted by atomic mass is 10.1. The van der Waals surface area contributed by atoms with Gasteiger partial charge in [0, 0.05) is 16.9 Å². The van der Waals surface area contributed by atoms with Crippen LogP contribution in [0.4, 0.5) is 17.3 Å². The van der Waals surface area contributed by atoms with Crippen LogP contribution in [0.3, 0.4) is 0 Å². The highest BCUT2D eigenvalue weighted by molar-refractivity contribution is 5.94. The number of fused-ring (bicyclic) bond motifs is 2. The molecule has 2 aliphatic rings. The van der Waals surface area contributed by atoms with E-state index in [9.17, 15) is 4.79 Å². The third-order valence-electron chi connectivity index (χ3n) is 6.90. The van der Waals surface area contributed by atoms with Crippen LogP contribution < -0.4 is 20.1 Å². The molecule has 9 nitrogen and oxygen atoms in total. The molecule has 0 radical (unpaired) electrons. The second-order valence-electron chi connectivity index (χ2n) is 9.59. The number of aromatic nitrogens is 3. The minimum Gasteiger partial charge on any atom is -0.486 e. The fourth-order valence-electron chi connectivity index (χ4n) is 4.89. The highest BCUT2D eigenvalue weighted by Gasteiger charge is 2.24. The van der Waals surface area contributed by atoms with E-state index in [2.05, 4.69) is 21.6 Å². The van der Waals surface area contributed by atoms with Gasteiger partial charge < -0.3 is 20.1 Å². The molecule has 190 valence electrons. The number of likely N-dealkylation sites (tertiary alicyclic amines) is 1. The van der Waals surface area contributed by atoms with E-state index < -0.39 is 0 Å². The number of nitrogens with one attached hydrogen (secondary N) is 2. The molecule has 1 atom stereocenters. The van der Waals surface area contributed by atoms with E-state index in [1.54, 1.807) is 0 Å². The molecule has 2 aromatic carbocycles. The summed E-state index contributed by atoms with van der Waals surface area (Å²) in [5.74, 6) is 2.00. The van der Waals surface area contributed by atoms with Crippen LogP contribution in [0.15, 0.2) is 54.6 Å². The molecule has 0 spiro atoms. The van der Waals surface area contributed by atoms with Crippen LogP contribution in [-0.4, -0.2) is 57.8 Å². The van der Waals surface area contributed by atoms with Crippen molar-refractivity contribution in [3.8, 4) is 22.8 Å².